The first-order chi connectivity index (χ1) is 16.0. The van der Waals surface area contributed by atoms with Gasteiger partial charge in [-0.15, -0.1) is 13.2 Å². The third kappa shape index (κ3) is 9.82. The first-order valence-corrected chi connectivity index (χ1v) is 13.0. The molecule has 0 unspecified atom stereocenters. The van der Waals surface area contributed by atoms with Crippen LogP contribution in [0.5, 0.6) is 0 Å². The van der Waals surface area contributed by atoms with E-state index >= 15 is 0 Å². The minimum atomic E-state index is -0.0954. The van der Waals surface area contributed by atoms with Gasteiger partial charge in [0, 0.05) is 0 Å². The highest BCUT2D eigenvalue weighted by atomic mass is 19.1. The van der Waals surface area contributed by atoms with Crippen molar-refractivity contribution in [3.8, 4) is 0 Å². The fraction of sp³-hybridized carbons (Fsp3) is 0.548. The van der Waals surface area contributed by atoms with Gasteiger partial charge >= 0.3 is 0 Å². The van der Waals surface area contributed by atoms with Gasteiger partial charge in [0.25, 0.3) is 0 Å². The van der Waals surface area contributed by atoms with Crippen LogP contribution in [0.3, 0.4) is 0 Å². The van der Waals surface area contributed by atoms with Crippen molar-refractivity contribution in [1.82, 2.24) is 0 Å². The molecule has 0 spiro atoms. The summed E-state index contributed by atoms with van der Waals surface area (Å²) in [5.74, 6) is 1.59. The Labute approximate surface area is 201 Å². The Morgan fingerprint density at radius 3 is 1.39 bits per heavy atom. The average Bonchev–Trinajstić information content (AvgIpc) is 3.36. The number of aryl methyl sites for hydroxylation is 4. The van der Waals surface area contributed by atoms with Crippen LogP contribution in [0.4, 0.5) is 8.78 Å². The second-order valence-corrected chi connectivity index (χ2v) is 9.87. The quantitative estimate of drug-likeness (QED) is 0.381. The molecule has 0 nitrogen and oxygen atoms in total. The predicted molar refractivity (Wildman–Crippen MR) is 139 cm³/mol. The van der Waals surface area contributed by atoms with Crippen molar-refractivity contribution in [3.05, 3.63) is 83.4 Å². The summed E-state index contributed by atoms with van der Waals surface area (Å²) in [5.41, 5.74) is 4.86. The van der Waals surface area contributed by atoms with Gasteiger partial charge in [-0.1, -0.05) is 69.9 Å². The van der Waals surface area contributed by atoms with E-state index in [0.29, 0.717) is 0 Å². The van der Waals surface area contributed by atoms with Crippen LogP contribution in [0, 0.1) is 37.3 Å². The number of halogens is 2. The largest absolute Gasteiger partial charge is 0.207 e. The summed E-state index contributed by atoms with van der Waals surface area (Å²) < 4.78 is 26.2. The lowest BCUT2D eigenvalue weighted by Gasteiger charge is -2.21. The van der Waals surface area contributed by atoms with Crippen molar-refractivity contribution in [2.45, 2.75) is 97.3 Å². The minimum Gasteiger partial charge on any atom is -0.207 e. The number of benzene rings is 2. The van der Waals surface area contributed by atoms with E-state index in [-0.39, 0.29) is 11.6 Å². The lowest BCUT2D eigenvalue weighted by Crippen LogP contribution is -2.07. The minimum absolute atomic E-state index is 0.0933. The molecule has 2 fully saturated rings. The zero-order valence-electron chi connectivity index (χ0n) is 21.0. The highest BCUT2D eigenvalue weighted by molar-refractivity contribution is 5.27. The normalized spacial score (nSPS) is 16.5. The SMILES string of the molecule is C=C.Cc1ccc(F)cc1CCC1CCCC1.Cc1ccc(F)cc1CCC1CCCCC1. The Morgan fingerprint density at radius 1 is 0.636 bits per heavy atom. The molecule has 0 heterocycles. The Kier molecular flexibility index (Phi) is 12.4. The Morgan fingerprint density at radius 2 is 1.00 bits per heavy atom. The molecule has 2 saturated carbocycles. The summed E-state index contributed by atoms with van der Waals surface area (Å²) in [6, 6.07) is 10.3. The van der Waals surface area contributed by atoms with E-state index < -0.39 is 0 Å². The van der Waals surface area contributed by atoms with Gasteiger partial charge in [0.1, 0.15) is 11.6 Å². The Balaban J connectivity index is 0.000000218. The second kappa shape index (κ2) is 15.0. The van der Waals surface area contributed by atoms with E-state index in [1.165, 1.54) is 92.9 Å². The molecule has 2 aromatic carbocycles. The molecule has 0 aliphatic heterocycles. The number of hydrogen-bond acceptors (Lipinski definition) is 0. The topological polar surface area (TPSA) is 0 Å². The van der Waals surface area contributed by atoms with Gasteiger partial charge in [-0.05, 0) is 97.9 Å². The van der Waals surface area contributed by atoms with Crippen molar-refractivity contribution in [2.75, 3.05) is 0 Å². The highest BCUT2D eigenvalue weighted by Crippen LogP contribution is 2.29. The van der Waals surface area contributed by atoms with E-state index in [9.17, 15) is 8.78 Å². The summed E-state index contributed by atoms with van der Waals surface area (Å²) >= 11 is 0. The Hall–Kier alpha value is -1.96. The van der Waals surface area contributed by atoms with Crippen LogP contribution in [0.2, 0.25) is 0 Å². The zero-order chi connectivity index (χ0) is 24.1. The van der Waals surface area contributed by atoms with Gasteiger partial charge in [0.2, 0.25) is 0 Å². The molecule has 4 rings (SSSR count). The standard InChI is InChI=1S/C15H21F.C14H19F.C2H4/c1-12-7-10-15(16)11-14(12)9-8-13-5-3-2-4-6-13;1-11-6-9-14(15)10-13(11)8-7-12-4-2-3-5-12;1-2/h7,10-11,13H,2-6,8-9H2,1H3;6,9-10,12H,2-5,7-8H2,1H3;1-2H2. The van der Waals surface area contributed by atoms with Crippen LogP contribution in [-0.2, 0) is 12.8 Å². The van der Waals surface area contributed by atoms with Gasteiger partial charge in [0.05, 0.1) is 0 Å². The van der Waals surface area contributed by atoms with Crippen molar-refractivity contribution in [2.24, 2.45) is 11.8 Å². The van der Waals surface area contributed by atoms with Crippen molar-refractivity contribution in [3.63, 3.8) is 0 Å². The summed E-state index contributed by atoms with van der Waals surface area (Å²) in [7, 11) is 0. The molecule has 0 aromatic heterocycles. The average molecular weight is 455 g/mol. The maximum Gasteiger partial charge on any atom is 0.123 e. The fourth-order valence-electron chi connectivity index (χ4n) is 5.31. The number of hydrogen-bond donors (Lipinski definition) is 0. The monoisotopic (exact) mass is 454 g/mol. The molecule has 2 heteroatoms. The van der Waals surface area contributed by atoms with E-state index in [0.717, 1.165) is 24.7 Å². The van der Waals surface area contributed by atoms with E-state index in [4.69, 9.17) is 0 Å². The lowest BCUT2D eigenvalue weighted by molar-refractivity contribution is 0.339. The molecule has 2 aliphatic carbocycles. The van der Waals surface area contributed by atoms with Gasteiger partial charge in [-0.2, -0.15) is 0 Å². The lowest BCUT2D eigenvalue weighted by atomic mass is 9.85. The van der Waals surface area contributed by atoms with E-state index in [1.54, 1.807) is 24.3 Å². The first kappa shape index (κ1) is 27.3. The van der Waals surface area contributed by atoms with Gasteiger partial charge in [-0.3, -0.25) is 0 Å². The van der Waals surface area contributed by atoms with Gasteiger partial charge < -0.3 is 0 Å². The molecule has 33 heavy (non-hydrogen) atoms. The maximum atomic E-state index is 13.1. The van der Waals surface area contributed by atoms with Crippen LogP contribution < -0.4 is 0 Å². The molecule has 0 bridgehead atoms. The van der Waals surface area contributed by atoms with Crippen LogP contribution in [0.1, 0.15) is 92.9 Å². The van der Waals surface area contributed by atoms with Crippen molar-refractivity contribution < 1.29 is 8.78 Å². The van der Waals surface area contributed by atoms with Gasteiger partial charge in [0.15, 0.2) is 0 Å². The molecule has 0 radical (unpaired) electrons. The van der Waals surface area contributed by atoms with Crippen LogP contribution in [0.25, 0.3) is 0 Å². The van der Waals surface area contributed by atoms with Gasteiger partial charge in [-0.25, -0.2) is 8.78 Å². The van der Waals surface area contributed by atoms with E-state index in [1.807, 2.05) is 12.1 Å². The third-order valence-corrected chi connectivity index (χ3v) is 7.47. The van der Waals surface area contributed by atoms with Crippen LogP contribution in [-0.4, -0.2) is 0 Å². The second-order valence-electron chi connectivity index (χ2n) is 9.87. The predicted octanol–water partition coefficient (Wildman–Crippen LogP) is 9.71. The molecular weight excluding hydrogens is 410 g/mol. The highest BCUT2D eigenvalue weighted by Gasteiger charge is 2.15. The summed E-state index contributed by atoms with van der Waals surface area (Å²) in [6.45, 7) is 10.2. The van der Waals surface area contributed by atoms with E-state index in [2.05, 4.69) is 27.0 Å². The van der Waals surface area contributed by atoms with Crippen LogP contribution in [0.15, 0.2) is 49.6 Å². The molecule has 2 aromatic rings. The molecule has 182 valence electrons. The molecular formula is C31H44F2. The first-order valence-electron chi connectivity index (χ1n) is 13.0. The Bertz CT molecular complexity index is 814. The maximum absolute atomic E-state index is 13.1. The fourth-order valence-corrected chi connectivity index (χ4v) is 5.31. The smallest absolute Gasteiger partial charge is 0.123 e. The van der Waals surface area contributed by atoms with Crippen molar-refractivity contribution >= 4 is 0 Å². The molecule has 0 atom stereocenters. The molecule has 0 N–H and O–H groups in total. The number of rotatable bonds is 6. The summed E-state index contributed by atoms with van der Waals surface area (Å²) in [6.07, 6.45) is 17.1. The summed E-state index contributed by atoms with van der Waals surface area (Å²) in [4.78, 5) is 0. The third-order valence-electron chi connectivity index (χ3n) is 7.47. The zero-order valence-corrected chi connectivity index (χ0v) is 21.0. The molecule has 0 amide bonds. The van der Waals surface area contributed by atoms with Crippen LogP contribution >= 0.6 is 0 Å². The van der Waals surface area contributed by atoms with Crippen molar-refractivity contribution in [1.29, 1.82) is 0 Å². The molecule has 0 saturated heterocycles. The summed E-state index contributed by atoms with van der Waals surface area (Å²) in [5, 5.41) is 0. The molecule has 2 aliphatic rings.